The normalized spacial score (nSPS) is 12.9. The van der Waals surface area contributed by atoms with E-state index in [1.54, 1.807) is 56.3 Å². The highest BCUT2D eigenvalue weighted by molar-refractivity contribution is 7.92. The molecule has 0 radical (unpaired) electrons. The lowest BCUT2D eigenvalue weighted by molar-refractivity contribution is -0.140. The van der Waals surface area contributed by atoms with Crippen molar-refractivity contribution in [2.45, 2.75) is 59.2 Å². The molecule has 2 atom stereocenters. The number of anilines is 1. The minimum absolute atomic E-state index is 0.00796. The molecular weight excluding hydrogens is 537 g/mol. The smallest absolute Gasteiger partial charge is 0.244 e. The van der Waals surface area contributed by atoms with Gasteiger partial charge in [0.15, 0.2) is 0 Å². The maximum absolute atomic E-state index is 13.8. The Morgan fingerprint density at radius 1 is 1.05 bits per heavy atom. The van der Waals surface area contributed by atoms with E-state index in [4.69, 9.17) is 27.9 Å². The van der Waals surface area contributed by atoms with E-state index in [-0.39, 0.29) is 24.2 Å². The lowest BCUT2D eigenvalue weighted by atomic mass is 10.1. The van der Waals surface area contributed by atoms with E-state index in [0.29, 0.717) is 34.4 Å². The van der Waals surface area contributed by atoms with Gasteiger partial charge in [-0.3, -0.25) is 13.9 Å². The van der Waals surface area contributed by atoms with Crippen LogP contribution < -0.4 is 14.4 Å². The van der Waals surface area contributed by atoms with Crippen molar-refractivity contribution >= 4 is 50.7 Å². The van der Waals surface area contributed by atoms with Gasteiger partial charge < -0.3 is 15.0 Å². The summed E-state index contributed by atoms with van der Waals surface area (Å²) in [5.41, 5.74) is 0.816. The summed E-state index contributed by atoms with van der Waals surface area (Å²) in [6, 6.07) is 10.5. The van der Waals surface area contributed by atoms with Crippen molar-refractivity contribution < 1.29 is 22.7 Å². The van der Waals surface area contributed by atoms with Crippen LogP contribution in [0.15, 0.2) is 42.5 Å². The Bertz CT molecular complexity index is 1190. The zero-order valence-electron chi connectivity index (χ0n) is 21.8. The van der Waals surface area contributed by atoms with Gasteiger partial charge in [-0.1, -0.05) is 55.2 Å². The third-order valence-corrected chi connectivity index (χ3v) is 7.57. The summed E-state index contributed by atoms with van der Waals surface area (Å²) in [6.45, 7) is 7.19. The zero-order valence-corrected chi connectivity index (χ0v) is 24.2. The molecule has 0 aliphatic carbocycles. The molecule has 11 heteroatoms. The lowest BCUT2D eigenvalue weighted by Crippen LogP contribution is -2.53. The van der Waals surface area contributed by atoms with E-state index in [2.05, 4.69) is 5.32 Å². The summed E-state index contributed by atoms with van der Waals surface area (Å²) < 4.78 is 32.3. The minimum Gasteiger partial charge on any atom is -0.492 e. The van der Waals surface area contributed by atoms with Crippen LogP contribution in [-0.4, -0.2) is 56.6 Å². The molecular formula is C26H35Cl2N3O5S. The average Bonchev–Trinajstić information content (AvgIpc) is 2.83. The summed E-state index contributed by atoms with van der Waals surface area (Å²) >= 11 is 12.4. The van der Waals surface area contributed by atoms with Gasteiger partial charge in [0, 0.05) is 22.6 Å². The van der Waals surface area contributed by atoms with Crippen LogP contribution in [-0.2, 0) is 26.2 Å². The number of hydrogen-bond donors (Lipinski definition) is 1. The molecule has 0 aliphatic rings. The highest BCUT2D eigenvalue weighted by Gasteiger charge is 2.33. The summed E-state index contributed by atoms with van der Waals surface area (Å²) in [6.07, 6.45) is 2.05. The molecule has 2 aromatic rings. The van der Waals surface area contributed by atoms with Gasteiger partial charge >= 0.3 is 0 Å². The number of nitrogens with one attached hydrogen (secondary N) is 1. The molecule has 204 valence electrons. The second-order valence-electron chi connectivity index (χ2n) is 8.67. The van der Waals surface area contributed by atoms with Crippen LogP contribution in [0.5, 0.6) is 5.75 Å². The van der Waals surface area contributed by atoms with Crippen LogP contribution in [0.25, 0.3) is 0 Å². The molecule has 0 fully saturated rings. The van der Waals surface area contributed by atoms with Crippen LogP contribution in [0.4, 0.5) is 5.69 Å². The van der Waals surface area contributed by atoms with Crippen LogP contribution in [0.2, 0.25) is 10.0 Å². The third kappa shape index (κ3) is 8.51. The van der Waals surface area contributed by atoms with E-state index < -0.39 is 28.5 Å². The Morgan fingerprint density at radius 3 is 2.30 bits per heavy atom. The number of rotatable bonds is 13. The van der Waals surface area contributed by atoms with E-state index in [0.717, 1.165) is 17.0 Å². The molecule has 2 aromatic carbocycles. The van der Waals surface area contributed by atoms with Crippen molar-refractivity contribution in [2.24, 2.45) is 0 Å². The maximum Gasteiger partial charge on any atom is 0.244 e. The Kier molecular flexibility index (Phi) is 11.5. The molecule has 0 spiro atoms. The fraction of sp³-hybridized carbons (Fsp3) is 0.462. The summed E-state index contributed by atoms with van der Waals surface area (Å²) in [7, 11) is -3.89. The van der Waals surface area contributed by atoms with Gasteiger partial charge in [-0.05, 0) is 56.5 Å². The van der Waals surface area contributed by atoms with Gasteiger partial charge in [0.2, 0.25) is 21.8 Å². The number of hydrogen-bond acceptors (Lipinski definition) is 5. The number of carbonyl (C=O) groups is 2. The van der Waals surface area contributed by atoms with Crippen molar-refractivity contribution in [1.82, 2.24) is 10.2 Å². The highest BCUT2D eigenvalue weighted by Crippen LogP contribution is 2.30. The zero-order chi connectivity index (χ0) is 27.8. The van der Waals surface area contributed by atoms with E-state index >= 15 is 0 Å². The fourth-order valence-electron chi connectivity index (χ4n) is 3.73. The van der Waals surface area contributed by atoms with E-state index in [1.807, 2.05) is 13.8 Å². The first-order valence-corrected chi connectivity index (χ1v) is 14.8. The van der Waals surface area contributed by atoms with Gasteiger partial charge in [-0.2, -0.15) is 0 Å². The first-order valence-electron chi connectivity index (χ1n) is 12.2. The van der Waals surface area contributed by atoms with Gasteiger partial charge in [0.1, 0.15) is 18.3 Å². The number of nitrogens with zero attached hydrogens (tertiary/aromatic N) is 2. The number of halogens is 2. The monoisotopic (exact) mass is 571 g/mol. The summed E-state index contributed by atoms with van der Waals surface area (Å²) in [5, 5.41) is 3.70. The minimum atomic E-state index is -3.89. The molecule has 0 bridgehead atoms. The maximum atomic E-state index is 13.8. The molecule has 1 N–H and O–H groups in total. The number of carbonyl (C=O) groups excluding carboxylic acids is 2. The van der Waals surface area contributed by atoms with Crippen LogP contribution in [0.1, 0.15) is 46.1 Å². The Balaban J connectivity index is 2.52. The number of sulfonamides is 1. The van der Waals surface area contributed by atoms with Gasteiger partial charge in [0.25, 0.3) is 0 Å². The van der Waals surface area contributed by atoms with E-state index in [9.17, 15) is 18.0 Å². The van der Waals surface area contributed by atoms with Crippen LogP contribution in [0.3, 0.4) is 0 Å². The van der Waals surface area contributed by atoms with Gasteiger partial charge in [-0.15, -0.1) is 0 Å². The Hall–Kier alpha value is -2.49. The van der Waals surface area contributed by atoms with Crippen molar-refractivity contribution in [2.75, 3.05) is 23.7 Å². The topological polar surface area (TPSA) is 96.0 Å². The Morgan fingerprint density at radius 2 is 1.73 bits per heavy atom. The molecule has 0 aromatic heterocycles. The fourth-order valence-corrected chi connectivity index (χ4v) is 5.05. The third-order valence-electron chi connectivity index (χ3n) is 5.86. The van der Waals surface area contributed by atoms with Crippen LogP contribution in [0, 0.1) is 0 Å². The van der Waals surface area contributed by atoms with Crippen molar-refractivity contribution in [3.05, 3.63) is 58.1 Å². The van der Waals surface area contributed by atoms with Gasteiger partial charge in [-0.25, -0.2) is 8.42 Å². The molecule has 2 amide bonds. The van der Waals surface area contributed by atoms with Gasteiger partial charge in [0.05, 0.1) is 18.6 Å². The molecule has 0 heterocycles. The molecule has 2 rings (SSSR count). The van der Waals surface area contributed by atoms with E-state index in [1.165, 1.54) is 4.90 Å². The molecule has 0 aliphatic heterocycles. The first kappa shape index (κ1) is 30.7. The summed E-state index contributed by atoms with van der Waals surface area (Å²) in [4.78, 5) is 28.4. The van der Waals surface area contributed by atoms with Crippen molar-refractivity contribution in [3.8, 4) is 5.75 Å². The number of ether oxygens (including phenoxy) is 1. The standard InChI is InChI=1S/C26H35Cl2N3O5S/c1-6-18(4)29-26(33)22(7-2)30(16-19-13-14-20(27)15-21(19)28)25(32)17-31(37(5,34)35)23-11-9-10-12-24(23)36-8-3/h9-15,18,22H,6-8,16-17H2,1-5H3,(H,29,33)/t18-,22+/m1/s1. The molecule has 0 unspecified atom stereocenters. The molecule has 0 saturated heterocycles. The second-order valence-corrected chi connectivity index (χ2v) is 11.4. The molecule has 37 heavy (non-hydrogen) atoms. The predicted molar refractivity (Wildman–Crippen MR) is 149 cm³/mol. The lowest BCUT2D eigenvalue weighted by Gasteiger charge is -2.33. The number of amides is 2. The SMILES string of the molecule is CCOc1ccccc1N(CC(=O)N(Cc1ccc(Cl)cc1Cl)[C@@H](CC)C(=O)N[C@H](C)CC)S(C)(=O)=O. The largest absolute Gasteiger partial charge is 0.492 e. The quantitative estimate of drug-likeness (QED) is 0.369. The Labute approximate surface area is 229 Å². The average molecular weight is 573 g/mol. The van der Waals surface area contributed by atoms with Crippen LogP contribution >= 0.6 is 23.2 Å². The van der Waals surface area contributed by atoms with Crippen molar-refractivity contribution in [1.29, 1.82) is 0 Å². The first-order chi connectivity index (χ1) is 17.4. The molecule has 0 saturated carbocycles. The second kappa shape index (κ2) is 13.9. The highest BCUT2D eigenvalue weighted by atomic mass is 35.5. The number of para-hydroxylation sites is 2. The van der Waals surface area contributed by atoms with Crippen molar-refractivity contribution in [3.63, 3.8) is 0 Å². The number of benzene rings is 2. The predicted octanol–water partition coefficient (Wildman–Crippen LogP) is 4.88. The molecule has 8 nitrogen and oxygen atoms in total. The summed E-state index contributed by atoms with van der Waals surface area (Å²) in [5.74, 6) is -0.554.